The van der Waals surface area contributed by atoms with E-state index in [9.17, 15) is 0 Å². The first-order valence-corrected chi connectivity index (χ1v) is 9.90. The lowest BCUT2D eigenvalue weighted by Gasteiger charge is -2.05. The maximum absolute atomic E-state index is 6.16. The Morgan fingerprint density at radius 1 is 1.09 bits per heavy atom. The van der Waals surface area contributed by atoms with E-state index in [4.69, 9.17) is 5.84 Å². The molecule has 0 saturated heterocycles. The molecule has 0 aliphatic heterocycles. The number of halogens is 1. The van der Waals surface area contributed by atoms with Crippen LogP contribution in [-0.2, 0) is 5.75 Å². The number of nitrogen functional groups attached to an aromatic ring is 1. The third-order valence-electron chi connectivity index (χ3n) is 3.31. The van der Waals surface area contributed by atoms with Crippen LogP contribution in [-0.4, -0.2) is 21.1 Å². The predicted octanol–water partition coefficient (Wildman–Crippen LogP) is 4.44. The Morgan fingerprint density at radius 2 is 1.83 bits per heavy atom. The van der Waals surface area contributed by atoms with E-state index in [1.807, 2.05) is 24.3 Å². The Morgan fingerprint density at radius 3 is 2.52 bits per heavy atom. The smallest absolute Gasteiger partial charge is 0.210 e. The monoisotopic (exact) mass is 406 g/mol. The van der Waals surface area contributed by atoms with Crippen LogP contribution in [0.5, 0.6) is 0 Å². The van der Waals surface area contributed by atoms with Crippen LogP contribution in [0.4, 0.5) is 0 Å². The Hall–Kier alpha value is -1.44. The molecular weight excluding hydrogens is 392 g/mol. The van der Waals surface area contributed by atoms with Gasteiger partial charge in [-0.3, -0.25) is 0 Å². The number of benzene rings is 2. The van der Waals surface area contributed by atoms with Crippen molar-refractivity contribution in [2.75, 3.05) is 12.1 Å². The molecule has 0 atom stereocenters. The molecule has 0 radical (unpaired) electrons. The zero-order chi connectivity index (χ0) is 16.2. The van der Waals surface area contributed by atoms with Crippen molar-refractivity contribution in [1.29, 1.82) is 0 Å². The molecule has 0 amide bonds. The Balaban J connectivity index is 1.75. The molecule has 4 nitrogen and oxygen atoms in total. The Bertz CT molecular complexity index is 802. The van der Waals surface area contributed by atoms with Crippen molar-refractivity contribution >= 4 is 39.5 Å². The topological polar surface area (TPSA) is 56.7 Å². The van der Waals surface area contributed by atoms with Crippen molar-refractivity contribution in [1.82, 2.24) is 14.9 Å². The van der Waals surface area contributed by atoms with E-state index in [2.05, 4.69) is 56.6 Å². The highest BCUT2D eigenvalue weighted by atomic mass is 79.9. The Kier molecular flexibility index (Phi) is 5.30. The van der Waals surface area contributed by atoms with Gasteiger partial charge >= 0.3 is 0 Å². The van der Waals surface area contributed by atoms with Crippen LogP contribution in [0.1, 0.15) is 5.56 Å². The van der Waals surface area contributed by atoms with Crippen molar-refractivity contribution < 1.29 is 0 Å². The number of hydrogen-bond donors (Lipinski definition) is 1. The van der Waals surface area contributed by atoms with Crippen LogP contribution >= 0.6 is 39.5 Å². The second-order valence-corrected chi connectivity index (χ2v) is 7.47. The summed E-state index contributed by atoms with van der Waals surface area (Å²) < 4.78 is 2.49. The van der Waals surface area contributed by atoms with Crippen LogP contribution in [0.2, 0.25) is 0 Å². The molecule has 1 aromatic heterocycles. The van der Waals surface area contributed by atoms with Gasteiger partial charge < -0.3 is 5.84 Å². The van der Waals surface area contributed by atoms with Crippen LogP contribution in [0, 0.1) is 0 Å². The lowest BCUT2D eigenvalue weighted by molar-refractivity contribution is 0.849. The highest BCUT2D eigenvalue weighted by Crippen LogP contribution is 2.29. The number of nitrogens with two attached hydrogens (primary N) is 1. The fraction of sp³-hybridized carbons (Fsp3) is 0.125. The summed E-state index contributed by atoms with van der Waals surface area (Å²) in [7, 11) is 0. The lowest BCUT2D eigenvalue weighted by atomic mass is 10.2. The maximum atomic E-state index is 6.16. The van der Waals surface area contributed by atoms with E-state index < -0.39 is 0 Å². The van der Waals surface area contributed by atoms with Crippen LogP contribution < -0.4 is 5.84 Å². The molecule has 0 aliphatic rings. The lowest BCUT2D eigenvalue weighted by Crippen LogP contribution is -2.11. The standard InChI is InChI=1S/C16H15BrN4S2/c1-22-12-8-6-11(7-9-12)10-23-16-20-19-15(21(16)18)13-4-2-3-5-14(13)17/h2-9H,10,18H2,1H3. The largest absolute Gasteiger partial charge is 0.335 e. The van der Waals surface area contributed by atoms with Gasteiger partial charge in [0.05, 0.1) is 0 Å². The molecule has 0 aliphatic carbocycles. The number of nitrogens with zero attached hydrogens (tertiary/aromatic N) is 3. The second kappa shape index (κ2) is 7.42. The molecule has 1 heterocycles. The number of thioether (sulfide) groups is 2. The summed E-state index contributed by atoms with van der Waals surface area (Å²) in [6.45, 7) is 0. The number of hydrogen-bond acceptors (Lipinski definition) is 5. The summed E-state index contributed by atoms with van der Waals surface area (Å²) in [4.78, 5) is 1.26. The fourth-order valence-electron chi connectivity index (χ4n) is 2.07. The zero-order valence-electron chi connectivity index (χ0n) is 12.4. The summed E-state index contributed by atoms with van der Waals surface area (Å²) in [5, 5.41) is 9.13. The number of rotatable bonds is 5. The zero-order valence-corrected chi connectivity index (χ0v) is 15.7. The van der Waals surface area contributed by atoms with E-state index in [1.54, 1.807) is 28.2 Å². The van der Waals surface area contributed by atoms with Crippen molar-refractivity contribution in [3.05, 3.63) is 58.6 Å². The van der Waals surface area contributed by atoms with E-state index in [-0.39, 0.29) is 0 Å². The van der Waals surface area contributed by atoms with Gasteiger partial charge in [0.2, 0.25) is 5.16 Å². The van der Waals surface area contributed by atoms with E-state index in [1.165, 1.54) is 10.5 Å². The summed E-state index contributed by atoms with van der Waals surface area (Å²) in [5.74, 6) is 7.62. The summed E-state index contributed by atoms with van der Waals surface area (Å²) in [6.07, 6.45) is 2.07. The van der Waals surface area contributed by atoms with Gasteiger partial charge in [0, 0.05) is 20.7 Å². The van der Waals surface area contributed by atoms with Gasteiger partial charge in [-0.2, -0.15) is 0 Å². The van der Waals surface area contributed by atoms with E-state index in [0.29, 0.717) is 11.0 Å². The van der Waals surface area contributed by atoms with Gasteiger partial charge in [-0.1, -0.05) is 52.0 Å². The molecule has 0 unspecified atom stereocenters. The average Bonchev–Trinajstić information content (AvgIpc) is 2.94. The molecule has 2 N–H and O–H groups in total. The molecule has 3 aromatic rings. The minimum atomic E-state index is 0.651. The molecular formula is C16H15BrN4S2. The molecule has 23 heavy (non-hydrogen) atoms. The van der Waals surface area contributed by atoms with Gasteiger partial charge in [-0.25, -0.2) is 4.68 Å². The highest BCUT2D eigenvalue weighted by Gasteiger charge is 2.14. The fourth-order valence-corrected chi connectivity index (χ4v) is 3.75. The molecule has 0 fully saturated rings. The van der Waals surface area contributed by atoms with E-state index >= 15 is 0 Å². The summed E-state index contributed by atoms with van der Waals surface area (Å²) >= 11 is 6.84. The third-order valence-corrected chi connectivity index (χ3v) is 5.76. The molecule has 3 rings (SSSR count). The van der Waals surface area contributed by atoms with Crippen LogP contribution in [0.25, 0.3) is 11.4 Å². The SMILES string of the molecule is CSc1ccc(CSc2nnc(-c3ccccc3Br)n2N)cc1. The molecule has 7 heteroatoms. The first kappa shape index (κ1) is 16.4. The molecule has 118 valence electrons. The summed E-state index contributed by atoms with van der Waals surface area (Å²) in [6, 6.07) is 16.3. The minimum absolute atomic E-state index is 0.651. The Labute approximate surface area is 152 Å². The third kappa shape index (κ3) is 3.73. The van der Waals surface area contributed by atoms with Crippen molar-refractivity contribution in [2.45, 2.75) is 15.8 Å². The van der Waals surface area contributed by atoms with E-state index in [0.717, 1.165) is 15.8 Å². The van der Waals surface area contributed by atoms with Crippen molar-refractivity contribution in [2.24, 2.45) is 0 Å². The summed E-state index contributed by atoms with van der Waals surface area (Å²) in [5.41, 5.74) is 2.16. The van der Waals surface area contributed by atoms with Gasteiger partial charge in [0.15, 0.2) is 5.82 Å². The van der Waals surface area contributed by atoms with Crippen molar-refractivity contribution in [3.63, 3.8) is 0 Å². The van der Waals surface area contributed by atoms with Gasteiger partial charge in [0.25, 0.3) is 0 Å². The second-order valence-electron chi connectivity index (χ2n) is 4.79. The maximum Gasteiger partial charge on any atom is 0.210 e. The van der Waals surface area contributed by atoms with Gasteiger partial charge in [-0.05, 0) is 36.1 Å². The van der Waals surface area contributed by atoms with Gasteiger partial charge in [0.1, 0.15) is 0 Å². The highest BCUT2D eigenvalue weighted by molar-refractivity contribution is 9.10. The molecule has 2 aromatic carbocycles. The van der Waals surface area contributed by atoms with Crippen molar-refractivity contribution in [3.8, 4) is 11.4 Å². The number of aromatic nitrogens is 3. The van der Waals surface area contributed by atoms with Crippen LogP contribution in [0.15, 0.2) is 63.1 Å². The first-order valence-electron chi connectivity index (χ1n) is 6.90. The average molecular weight is 407 g/mol. The predicted molar refractivity (Wildman–Crippen MR) is 101 cm³/mol. The quantitative estimate of drug-likeness (QED) is 0.501. The first-order chi connectivity index (χ1) is 11.2. The normalized spacial score (nSPS) is 10.9. The molecule has 0 spiro atoms. The van der Waals surface area contributed by atoms with Crippen LogP contribution in [0.3, 0.4) is 0 Å². The van der Waals surface area contributed by atoms with Gasteiger partial charge in [-0.15, -0.1) is 22.0 Å². The minimum Gasteiger partial charge on any atom is -0.335 e. The molecule has 0 saturated carbocycles. The molecule has 0 bridgehead atoms.